The number of urea groups is 1. The number of hydrogen-bond donors (Lipinski definition) is 2. The van der Waals surface area contributed by atoms with Gasteiger partial charge >= 0.3 is 6.03 Å². The van der Waals surface area contributed by atoms with E-state index in [2.05, 4.69) is 56.3 Å². The first kappa shape index (κ1) is 21.0. The highest BCUT2D eigenvalue weighted by molar-refractivity contribution is 6.01. The average molecular weight is 441 g/mol. The number of nitrogens with zero attached hydrogens (tertiary/aromatic N) is 4. The molecule has 1 aromatic heterocycles. The summed E-state index contributed by atoms with van der Waals surface area (Å²) in [6.45, 7) is 4.49. The number of piperazine rings is 1. The number of nitrogens with one attached hydrogen (secondary N) is 2. The van der Waals surface area contributed by atoms with Gasteiger partial charge in [-0.25, -0.2) is 9.78 Å². The fraction of sp³-hybridized carbons (Fsp3) is 0.231. The third-order valence-corrected chi connectivity index (χ3v) is 6.14. The van der Waals surface area contributed by atoms with Crippen molar-refractivity contribution in [2.24, 2.45) is 7.05 Å². The summed E-state index contributed by atoms with van der Waals surface area (Å²) in [6, 6.07) is 25.5. The van der Waals surface area contributed by atoms with E-state index in [-0.39, 0.29) is 6.03 Å². The van der Waals surface area contributed by atoms with Crippen LogP contribution < -0.4 is 15.5 Å². The second-order valence-corrected chi connectivity index (χ2v) is 8.30. The molecule has 0 saturated carbocycles. The van der Waals surface area contributed by atoms with Gasteiger partial charge in [-0.3, -0.25) is 4.90 Å². The SMILES string of the molecule is Cn1c(CN2CCN(c3ccccc3NC(=O)Nc3ccccc3)CC2)nc2ccccc21. The number of imidazole rings is 1. The van der Waals surface area contributed by atoms with Crippen molar-refractivity contribution in [2.75, 3.05) is 41.7 Å². The van der Waals surface area contributed by atoms with Gasteiger partial charge in [0, 0.05) is 38.9 Å². The Morgan fingerprint density at radius 2 is 1.55 bits per heavy atom. The van der Waals surface area contributed by atoms with E-state index in [0.717, 1.165) is 61.1 Å². The molecule has 7 heteroatoms. The number of rotatable bonds is 5. The monoisotopic (exact) mass is 440 g/mol. The molecule has 1 aliphatic rings. The van der Waals surface area contributed by atoms with Crippen molar-refractivity contribution in [1.29, 1.82) is 0 Å². The zero-order chi connectivity index (χ0) is 22.6. The summed E-state index contributed by atoms with van der Waals surface area (Å²) >= 11 is 0. The molecule has 0 spiro atoms. The molecule has 3 aromatic carbocycles. The van der Waals surface area contributed by atoms with Crippen LogP contribution in [0.1, 0.15) is 5.82 Å². The number of carbonyl (C=O) groups is 1. The standard InChI is InChI=1S/C26H28N6O/c1-30-23-13-7-5-11-21(23)28-25(30)19-31-15-17-32(18-16-31)24-14-8-6-12-22(24)29-26(33)27-20-9-3-2-4-10-20/h2-14H,15-19H2,1H3,(H2,27,29,33). The molecule has 0 radical (unpaired) electrons. The summed E-state index contributed by atoms with van der Waals surface area (Å²) in [7, 11) is 2.09. The van der Waals surface area contributed by atoms with E-state index in [1.807, 2.05) is 54.6 Å². The molecule has 2 N–H and O–H groups in total. The molecule has 2 heterocycles. The van der Waals surface area contributed by atoms with Gasteiger partial charge in [-0.1, -0.05) is 42.5 Å². The molecule has 4 aromatic rings. The maximum Gasteiger partial charge on any atom is 0.323 e. The number of amides is 2. The minimum atomic E-state index is -0.242. The molecule has 0 atom stereocenters. The highest BCUT2D eigenvalue weighted by atomic mass is 16.2. The van der Waals surface area contributed by atoms with Crippen LogP contribution in [0.5, 0.6) is 0 Å². The molecule has 168 valence electrons. The summed E-state index contributed by atoms with van der Waals surface area (Å²) in [5, 5.41) is 5.90. The van der Waals surface area contributed by atoms with Crippen molar-refractivity contribution < 1.29 is 4.79 Å². The summed E-state index contributed by atoms with van der Waals surface area (Å²) in [5.41, 5.74) is 4.84. The zero-order valence-corrected chi connectivity index (χ0v) is 18.7. The molecule has 1 saturated heterocycles. The molecular formula is C26H28N6O. The van der Waals surface area contributed by atoms with Crippen molar-refractivity contribution in [1.82, 2.24) is 14.5 Å². The van der Waals surface area contributed by atoms with Crippen molar-refractivity contribution in [2.45, 2.75) is 6.54 Å². The van der Waals surface area contributed by atoms with Gasteiger partial charge in [0.1, 0.15) is 5.82 Å². The van der Waals surface area contributed by atoms with Crippen LogP contribution in [0.2, 0.25) is 0 Å². The van der Waals surface area contributed by atoms with Gasteiger partial charge in [0.15, 0.2) is 0 Å². The zero-order valence-electron chi connectivity index (χ0n) is 18.7. The lowest BCUT2D eigenvalue weighted by Gasteiger charge is -2.36. The number of hydrogen-bond acceptors (Lipinski definition) is 4. The van der Waals surface area contributed by atoms with Crippen LogP contribution in [-0.2, 0) is 13.6 Å². The molecule has 2 amide bonds. The van der Waals surface area contributed by atoms with Crippen LogP contribution in [0.4, 0.5) is 21.9 Å². The van der Waals surface area contributed by atoms with Crippen LogP contribution in [-0.4, -0.2) is 46.7 Å². The molecule has 0 unspecified atom stereocenters. The maximum absolute atomic E-state index is 12.5. The minimum Gasteiger partial charge on any atom is -0.367 e. The van der Waals surface area contributed by atoms with Gasteiger partial charge in [0.25, 0.3) is 0 Å². The molecule has 1 aliphatic heterocycles. The second-order valence-electron chi connectivity index (χ2n) is 8.30. The van der Waals surface area contributed by atoms with Gasteiger partial charge in [-0.2, -0.15) is 0 Å². The Morgan fingerprint density at radius 1 is 0.848 bits per heavy atom. The van der Waals surface area contributed by atoms with E-state index in [9.17, 15) is 4.79 Å². The number of anilines is 3. The van der Waals surface area contributed by atoms with Crippen LogP contribution in [0.3, 0.4) is 0 Å². The lowest BCUT2D eigenvalue weighted by Crippen LogP contribution is -2.46. The summed E-state index contributed by atoms with van der Waals surface area (Å²) in [4.78, 5) is 22.1. The van der Waals surface area contributed by atoms with Gasteiger partial charge in [0.2, 0.25) is 0 Å². The highest BCUT2D eigenvalue weighted by Crippen LogP contribution is 2.27. The van der Waals surface area contributed by atoms with Crippen molar-refractivity contribution >= 4 is 34.1 Å². The average Bonchev–Trinajstić information content (AvgIpc) is 3.16. The Kier molecular flexibility index (Phi) is 5.95. The third-order valence-electron chi connectivity index (χ3n) is 6.14. The van der Waals surface area contributed by atoms with Gasteiger partial charge in [-0.05, 0) is 36.4 Å². The smallest absolute Gasteiger partial charge is 0.323 e. The molecule has 0 bridgehead atoms. The molecular weight excluding hydrogens is 412 g/mol. The number of aryl methyl sites for hydroxylation is 1. The second kappa shape index (κ2) is 9.34. The van der Waals surface area contributed by atoms with E-state index < -0.39 is 0 Å². The van der Waals surface area contributed by atoms with Crippen molar-refractivity contribution in [3.05, 3.63) is 84.7 Å². The normalized spacial score (nSPS) is 14.4. The van der Waals surface area contributed by atoms with E-state index in [1.54, 1.807) is 0 Å². The summed E-state index contributed by atoms with van der Waals surface area (Å²) < 4.78 is 2.19. The Hall–Kier alpha value is -3.84. The fourth-order valence-corrected chi connectivity index (χ4v) is 4.34. The van der Waals surface area contributed by atoms with Crippen molar-refractivity contribution in [3.8, 4) is 0 Å². The lowest BCUT2D eigenvalue weighted by molar-refractivity contribution is 0.242. The molecule has 5 rings (SSSR count). The van der Waals surface area contributed by atoms with Crippen LogP contribution in [0, 0.1) is 0 Å². The predicted octanol–water partition coefficient (Wildman–Crippen LogP) is 4.54. The third kappa shape index (κ3) is 4.68. The Morgan fingerprint density at radius 3 is 2.33 bits per heavy atom. The van der Waals surface area contributed by atoms with E-state index in [4.69, 9.17) is 4.98 Å². The highest BCUT2D eigenvalue weighted by Gasteiger charge is 2.21. The van der Waals surface area contributed by atoms with Crippen LogP contribution in [0.25, 0.3) is 11.0 Å². The Balaban J connectivity index is 1.22. The maximum atomic E-state index is 12.5. The van der Waals surface area contributed by atoms with Crippen molar-refractivity contribution in [3.63, 3.8) is 0 Å². The van der Waals surface area contributed by atoms with E-state index in [0.29, 0.717) is 0 Å². The molecule has 33 heavy (non-hydrogen) atoms. The predicted molar refractivity (Wildman–Crippen MR) is 134 cm³/mol. The van der Waals surface area contributed by atoms with Crippen LogP contribution >= 0.6 is 0 Å². The molecule has 1 fully saturated rings. The van der Waals surface area contributed by atoms with Gasteiger partial charge < -0.3 is 20.1 Å². The van der Waals surface area contributed by atoms with Crippen LogP contribution in [0.15, 0.2) is 78.9 Å². The fourth-order valence-electron chi connectivity index (χ4n) is 4.34. The first-order valence-electron chi connectivity index (χ1n) is 11.3. The molecule has 0 aliphatic carbocycles. The number of para-hydroxylation sites is 5. The summed E-state index contributed by atoms with van der Waals surface area (Å²) in [6.07, 6.45) is 0. The summed E-state index contributed by atoms with van der Waals surface area (Å²) in [5.74, 6) is 1.09. The minimum absolute atomic E-state index is 0.242. The number of aromatic nitrogens is 2. The quantitative estimate of drug-likeness (QED) is 0.478. The van der Waals surface area contributed by atoms with Gasteiger partial charge in [-0.15, -0.1) is 0 Å². The first-order valence-corrected chi connectivity index (χ1v) is 11.3. The number of carbonyl (C=O) groups excluding carboxylic acids is 1. The largest absolute Gasteiger partial charge is 0.367 e. The lowest BCUT2D eigenvalue weighted by atomic mass is 10.2. The van der Waals surface area contributed by atoms with E-state index in [1.165, 1.54) is 5.52 Å². The first-order chi connectivity index (χ1) is 16.2. The number of fused-ring (bicyclic) bond motifs is 1. The Labute approximate surface area is 193 Å². The van der Waals surface area contributed by atoms with E-state index >= 15 is 0 Å². The van der Waals surface area contributed by atoms with Gasteiger partial charge in [0.05, 0.1) is 29.0 Å². The Bertz CT molecular complexity index is 1240. The molecule has 7 nitrogen and oxygen atoms in total. The number of benzene rings is 3. The topological polar surface area (TPSA) is 65.4 Å².